The molecular weight excluding hydrogens is 533 g/mol. The summed E-state index contributed by atoms with van der Waals surface area (Å²) in [6.45, 7) is 6.07. The van der Waals surface area contributed by atoms with Gasteiger partial charge in [0.05, 0.1) is 28.3 Å². The smallest absolute Gasteiger partial charge is 0.229 e. The minimum Gasteiger partial charge on any atom is -0.495 e. The number of aromatic nitrogens is 2. The van der Waals surface area contributed by atoms with Gasteiger partial charge < -0.3 is 34.7 Å². The van der Waals surface area contributed by atoms with Crippen molar-refractivity contribution < 1.29 is 18.8 Å². The molecule has 3 N–H and O–H groups in total. The van der Waals surface area contributed by atoms with E-state index in [1.165, 1.54) is 11.1 Å². The Bertz CT molecular complexity index is 1330. The summed E-state index contributed by atoms with van der Waals surface area (Å²) in [6, 6.07) is 7.79. The molecule has 11 heteroatoms. The van der Waals surface area contributed by atoms with Gasteiger partial charge in [0.2, 0.25) is 5.95 Å². The van der Waals surface area contributed by atoms with E-state index in [-0.39, 0.29) is 0 Å². The third kappa shape index (κ3) is 4.96. The second-order valence-electron chi connectivity index (χ2n) is 8.72. The highest BCUT2D eigenvalue weighted by molar-refractivity contribution is 9.10. The zero-order valence-electron chi connectivity index (χ0n) is 19.8. The molecule has 35 heavy (non-hydrogen) atoms. The summed E-state index contributed by atoms with van der Waals surface area (Å²) in [5.41, 5.74) is 3.94. The van der Waals surface area contributed by atoms with Crippen LogP contribution < -0.4 is 35.5 Å². The van der Waals surface area contributed by atoms with Crippen molar-refractivity contribution in [3.63, 3.8) is 0 Å². The number of nitrogens with one attached hydrogen (secondary N) is 3. The van der Waals surface area contributed by atoms with E-state index in [2.05, 4.69) is 47.9 Å². The van der Waals surface area contributed by atoms with Crippen LogP contribution in [0, 0.1) is 0 Å². The maximum atomic E-state index is 13.2. The molecule has 2 aliphatic rings. The van der Waals surface area contributed by atoms with E-state index in [1.54, 1.807) is 26.6 Å². The second kappa shape index (κ2) is 9.68. The van der Waals surface area contributed by atoms with Crippen molar-refractivity contribution in [2.45, 2.75) is 13.0 Å². The topological polar surface area (TPSA) is 107 Å². The zero-order valence-corrected chi connectivity index (χ0v) is 22.3. The lowest BCUT2D eigenvalue weighted by Crippen LogP contribution is -2.23. The lowest BCUT2D eigenvalue weighted by molar-refractivity contribution is 0.173. The molecule has 184 valence electrons. The maximum Gasteiger partial charge on any atom is 0.229 e. The third-order valence-electron chi connectivity index (χ3n) is 5.87. The molecule has 0 radical (unpaired) electrons. The van der Waals surface area contributed by atoms with Gasteiger partial charge in [-0.3, -0.25) is 0 Å². The summed E-state index contributed by atoms with van der Waals surface area (Å²) in [4.78, 5) is 9.10. The Hall–Kier alpha value is -2.81. The van der Waals surface area contributed by atoms with Gasteiger partial charge in [-0.05, 0) is 77.6 Å². The molecule has 0 saturated carbocycles. The molecule has 3 aromatic rings. The lowest BCUT2D eigenvalue weighted by Gasteiger charge is -2.25. The molecule has 3 heterocycles. The van der Waals surface area contributed by atoms with Crippen LogP contribution in [0.3, 0.4) is 0 Å². The molecule has 0 unspecified atom stereocenters. The number of hydrogen-bond acceptors (Lipinski definition) is 9. The lowest BCUT2D eigenvalue weighted by atomic mass is 10.00. The number of rotatable bonds is 6. The molecule has 9 nitrogen and oxygen atoms in total. The van der Waals surface area contributed by atoms with E-state index >= 15 is 0 Å². The van der Waals surface area contributed by atoms with Crippen LogP contribution >= 0.6 is 23.1 Å². The van der Waals surface area contributed by atoms with Crippen LogP contribution in [0.4, 0.5) is 23.1 Å². The summed E-state index contributed by atoms with van der Waals surface area (Å²) in [7, 11) is -1.07. The molecule has 1 aromatic heterocycles. The van der Waals surface area contributed by atoms with Crippen LogP contribution in [-0.4, -0.2) is 50.2 Å². The number of nitrogens with zero attached hydrogens (tertiary/aromatic N) is 2. The number of hydrogen-bond donors (Lipinski definition) is 3. The number of benzene rings is 2. The van der Waals surface area contributed by atoms with E-state index in [0.29, 0.717) is 51.9 Å². The Morgan fingerprint density at radius 1 is 1.11 bits per heavy atom. The maximum absolute atomic E-state index is 13.2. The number of methoxy groups -OCH3 is 1. The second-order valence-corrected chi connectivity index (χ2v) is 12.7. The quantitative estimate of drug-likeness (QED) is 0.379. The van der Waals surface area contributed by atoms with Gasteiger partial charge in [-0.25, -0.2) is 4.98 Å². The van der Waals surface area contributed by atoms with Gasteiger partial charge in [-0.2, -0.15) is 4.98 Å². The van der Waals surface area contributed by atoms with Crippen LogP contribution in [0.1, 0.15) is 11.1 Å². The number of ether oxygens (including phenoxy) is 3. The van der Waals surface area contributed by atoms with Gasteiger partial charge in [-0.15, -0.1) is 0 Å². The van der Waals surface area contributed by atoms with Crippen LogP contribution in [0.25, 0.3) is 0 Å². The predicted molar refractivity (Wildman–Crippen MR) is 141 cm³/mol. The number of fused-ring (bicyclic) bond motifs is 2. The van der Waals surface area contributed by atoms with Gasteiger partial charge >= 0.3 is 0 Å². The summed E-state index contributed by atoms with van der Waals surface area (Å²) < 4.78 is 31.1. The summed E-state index contributed by atoms with van der Waals surface area (Å²) >= 11 is 3.53. The Morgan fingerprint density at radius 2 is 1.94 bits per heavy atom. The molecule has 0 spiro atoms. The van der Waals surface area contributed by atoms with Gasteiger partial charge in [0.25, 0.3) is 0 Å². The van der Waals surface area contributed by atoms with Crippen molar-refractivity contribution in [2.75, 3.05) is 50.8 Å². The fourth-order valence-electron chi connectivity index (χ4n) is 4.28. The van der Waals surface area contributed by atoms with Crippen molar-refractivity contribution in [3.05, 3.63) is 46.1 Å². The first kappa shape index (κ1) is 23.9. The minimum atomic E-state index is -2.72. The fourth-order valence-corrected chi connectivity index (χ4v) is 5.94. The van der Waals surface area contributed by atoms with E-state index in [0.717, 1.165) is 30.9 Å². The first-order chi connectivity index (χ1) is 16.8. The Morgan fingerprint density at radius 3 is 2.74 bits per heavy atom. The number of anilines is 4. The molecule has 0 amide bonds. The average Bonchev–Trinajstić information content (AvgIpc) is 2.84. The van der Waals surface area contributed by atoms with Gasteiger partial charge in [0.1, 0.15) is 31.9 Å². The average molecular weight is 560 g/mol. The zero-order chi connectivity index (χ0) is 24.6. The Labute approximate surface area is 212 Å². The van der Waals surface area contributed by atoms with Crippen molar-refractivity contribution in [2.24, 2.45) is 0 Å². The van der Waals surface area contributed by atoms with E-state index in [1.807, 2.05) is 18.2 Å². The van der Waals surface area contributed by atoms with E-state index in [4.69, 9.17) is 14.2 Å². The van der Waals surface area contributed by atoms with Crippen LogP contribution in [0.5, 0.6) is 17.2 Å². The third-order valence-corrected chi connectivity index (χ3v) is 7.97. The highest BCUT2D eigenvalue weighted by Crippen LogP contribution is 2.47. The number of halogens is 1. The van der Waals surface area contributed by atoms with E-state index < -0.39 is 7.14 Å². The molecular formula is C24H27BrN5O4P. The van der Waals surface area contributed by atoms with Crippen molar-refractivity contribution in [1.29, 1.82) is 0 Å². The molecule has 0 saturated heterocycles. The molecule has 0 bridgehead atoms. The SMILES string of the molecule is COc1cc2c(cc1Nc1ncc(Br)c(Nc3ccc4c(c3P(C)(C)=O)OCCO4)n1)CCNC2. The largest absolute Gasteiger partial charge is 0.495 e. The molecule has 0 atom stereocenters. The fraction of sp³-hybridized carbons (Fsp3) is 0.333. The predicted octanol–water partition coefficient (Wildman–Crippen LogP) is 4.40. The Balaban J connectivity index is 1.48. The summed E-state index contributed by atoms with van der Waals surface area (Å²) in [5.74, 6) is 2.76. The monoisotopic (exact) mass is 559 g/mol. The summed E-state index contributed by atoms with van der Waals surface area (Å²) in [6.07, 6.45) is 2.62. The Kier molecular flexibility index (Phi) is 6.61. The van der Waals surface area contributed by atoms with Crippen LogP contribution in [0.2, 0.25) is 0 Å². The van der Waals surface area contributed by atoms with Crippen LogP contribution in [0.15, 0.2) is 34.9 Å². The first-order valence-corrected chi connectivity index (χ1v) is 14.7. The molecule has 2 aliphatic heterocycles. The van der Waals surface area contributed by atoms with Gasteiger partial charge in [0.15, 0.2) is 11.5 Å². The van der Waals surface area contributed by atoms with Gasteiger partial charge in [-0.1, -0.05) is 0 Å². The normalized spacial score (nSPS) is 14.7. The minimum absolute atomic E-state index is 0.401. The molecule has 2 aromatic carbocycles. The standard InChI is InChI=1S/C24H27BrN5O4P/c1-32-20-11-15-12-26-7-6-14(15)10-18(20)29-24-27-13-16(25)23(30-24)28-17-4-5-19-21(34-9-8-33-19)22(17)35(2,3)31/h4-5,10-11,13,26H,6-9,12H2,1-3H3,(H2,27,28,29,30). The highest BCUT2D eigenvalue weighted by atomic mass is 79.9. The molecule has 0 fully saturated rings. The van der Waals surface area contributed by atoms with Gasteiger partial charge in [0, 0.05) is 12.7 Å². The van der Waals surface area contributed by atoms with E-state index in [9.17, 15) is 4.57 Å². The van der Waals surface area contributed by atoms with Crippen LogP contribution in [-0.2, 0) is 17.5 Å². The summed E-state index contributed by atoms with van der Waals surface area (Å²) in [5, 5.41) is 10.6. The first-order valence-electron chi connectivity index (χ1n) is 11.3. The van der Waals surface area contributed by atoms with Crippen molar-refractivity contribution >= 4 is 51.5 Å². The van der Waals surface area contributed by atoms with Crippen molar-refractivity contribution in [3.8, 4) is 17.2 Å². The highest BCUT2D eigenvalue weighted by Gasteiger charge is 2.28. The van der Waals surface area contributed by atoms with Crippen molar-refractivity contribution in [1.82, 2.24) is 15.3 Å². The molecule has 5 rings (SSSR count). The molecule has 0 aliphatic carbocycles.